The predicted molar refractivity (Wildman–Crippen MR) is 80.6 cm³/mol. The van der Waals surface area contributed by atoms with Crippen LogP contribution in [0.4, 0.5) is 0 Å². The Morgan fingerprint density at radius 1 is 1.20 bits per heavy atom. The predicted octanol–water partition coefficient (Wildman–Crippen LogP) is 3.90. The van der Waals surface area contributed by atoms with Gasteiger partial charge in [0.1, 0.15) is 0 Å². The Kier molecular flexibility index (Phi) is 5.93. The smallest absolute Gasteiger partial charge is 0.161 e. The van der Waals surface area contributed by atoms with Gasteiger partial charge >= 0.3 is 0 Å². The molecule has 0 saturated heterocycles. The van der Waals surface area contributed by atoms with Crippen LogP contribution in [0.3, 0.4) is 0 Å². The lowest BCUT2D eigenvalue weighted by Gasteiger charge is -2.12. The first-order valence-electron chi connectivity index (χ1n) is 7.32. The highest BCUT2D eigenvalue weighted by molar-refractivity contribution is 5.42. The van der Waals surface area contributed by atoms with Crippen LogP contribution >= 0.6 is 0 Å². The van der Waals surface area contributed by atoms with Crippen LogP contribution in [0.2, 0.25) is 0 Å². The van der Waals surface area contributed by atoms with Gasteiger partial charge in [0.05, 0.1) is 26.9 Å². The van der Waals surface area contributed by atoms with Gasteiger partial charge in [-0.25, -0.2) is 0 Å². The molecule has 1 aromatic rings. The van der Waals surface area contributed by atoms with Crippen molar-refractivity contribution >= 4 is 0 Å². The molecule has 2 rings (SSSR count). The van der Waals surface area contributed by atoms with E-state index in [2.05, 4.69) is 13.0 Å². The standard InChI is InChI=1S/C17H24O3/c1-14-7-8-16(18-2)17(13-14)20-11-4-6-15-5-3-10-19-12-9-15/h5,7-8,13H,3-4,6,9-12H2,1-2H3. The molecule has 0 spiro atoms. The van der Waals surface area contributed by atoms with E-state index < -0.39 is 0 Å². The van der Waals surface area contributed by atoms with Crippen molar-refractivity contribution in [3.63, 3.8) is 0 Å². The molecule has 110 valence electrons. The quantitative estimate of drug-likeness (QED) is 0.582. The first-order valence-corrected chi connectivity index (χ1v) is 7.32. The molecule has 3 nitrogen and oxygen atoms in total. The zero-order valence-electron chi connectivity index (χ0n) is 12.5. The van der Waals surface area contributed by atoms with Crippen molar-refractivity contribution in [3.8, 4) is 11.5 Å². The molecule has 0 N–H and O–H groups in total. The number of ether oxygens (including phenoxy) is 3. The maximum Gasteiger partial charge on any atom is 0.161 e. The van der Waals surface area contributed by atoms with E-state index in [-0.39, 0.29) is 0 Å². The summed E-state index contributed by atoms with van der Waals surface area (Å²) in [7, 11) is 1.67. The van der Waals surface area contributed by atoms with Gasteiger partial charge in [0.2, 0.25) is 0 Å². The van der Waals surface area contributed by atoms with Crippen molar-refractivity contribution in [1.82, 2.24) is 0 Å². The van der Waals surface area contributed by atoms with Gasteiger partial charge in [0, 0.05) is 0 Å². The molecule has 0 amide bonds. The summed E-state index contributed by atoms with van der Waals surface area (Å²) >= 11 is 0. The summed E-state index contributed by atoms with van der Waals surface area (Å²) in [5.41, 5.74) is 2.69. The Labute approximate surface area is 121 Å². The maximum absolute atomic E-state index is 5.85. The van der Waals surface area contributed by atoms with Gasteiger partial charge < -0.3 is 14.2 Å². The van der Waals surface area contributed by atoms with Gasteiger partial charge in [-0.2, -0.15) is 0 Å². The fourth-order valence-electron chi connectivity index (χ4n) is 2.36. The molecule has 0 bridgehead atoms. The van der Waals surface area contributed by atoms with Crippen LogP contribution in [-0.2, 0) is 4.74 Å². The van der Waals surface area contributed by atoms with E-state index in [0.29, 0.717) is 0 Å². The number of hydrogen-bond acceptors (Lipinski definition) is 3. The second-order valence-corrected chi connectivity index (χ2v) is 5.12. The minimum absolute atomic E-state index is 0.720. The number of methoxy groups -OCH3 is 1. The van der Waals surface area contributed by atoms with Crippen molar-refractivity contribution in [3.05, 3.63) is 35.4 Å². The second kappa shape index (κ2) is 7.95. The van der Waals surface area contributed by atoms with Crippen LogP contribution in [0, 0.1) is 6.92 Å². The third-order valence-corrected chi connectivity index (χ3v) is 3.48. The van der Waals surface area contributed by atoms with E-state index in [1.165, 1.54) is 11.1 Å². The monoisotopic (exact) mass is 276 g/mol. The molecule has 0 aliphatic carbocycles. The summed E-state index contributed by atoms with van der Waals surface area (Å²) in [6.45, 7) is 4.50. The number of hydrogen-bond donors (Lipinski definition) is 0. The molecule has 1 heterocycles. The Morgan fingerprint density at radius 2 is 2.10 bits per heavy atom. The van der Waals surface area contributed by atoms with E-state index in [1.807, 2.05) is 18.2 Å². The molecule has 3 heteroatoms. The summed E-state index contributed by atoms with van der Waals surface area (Å²) in [4.78, 5) is 0. The first-order chi connectivity index (χ1) is 9.79. The fraction of sp³-hybridized carbons (Fsp3) is 0.529. The molecule has 1 aliphatic rings. The summed E-state index contributed by atoms with van der Waals surface area (Å²) in [5, 5.41) is 0. The molecule has 0 unspecified atom stereocenters. The van der Waals surface area contributed by atoms with Crippen molar-refractivity contribution in [1.29, 1.82) is 0 Å². The van der Waals surface area contributed by atoms with Crippen LogP contribution < -0.4 is 9.47 Å². The van der Waals surface area contributed by atoms with E-state index in [0.717, 1.165) is 57.0 Å². The van der Waals surface area contributed by atoms with Gasteiger partial charge in [-0.05, 0) is 50.3 Å². The Bertz CT molecular complexity index is 452. The van der Waals surface area contributed by atoms with Crippen LogP contribution in [0.25, 0.3) is 0 Å². The molecule has 0 atom stereocenters. The third kappa shape index (κ3) is 4.57. The molecule has 0 fully saturated rings. The molecule has 0 radical (unpaired) electrons. The molecule has 0 saturated carbocycles. The zero-order valence-corrected chi connectivity index (χ0v) is 12.5. The van der Waals surface area contributed by atoms with Crippen molar-refractivity contribution < 1.29 is 14.2 Å². The molecule has 20 heavy (non-hydrogen) atoms. The largest absolute Gasteiger partial charge is 0.493 e. The SMILES string of the molecule is COc1ccc(C)cc1OCCCC1=CCCOCC1. The van der Waals surface area contributed by atoms with Crippen LogP contribution in [-0.4, -0.2) is 26.9 Å². The molecule has 0 aromatic heterocycles. The highest BCUT2D eigenvalue weighted by atomic mass is 16.5. The molecular formula is C17H24O3. The van der Waals surface area contributed by atoms with E-state index >= 15 is 0 Å². The Balaban J connectivity index is 1.78. The Hall–Kier alpha value is -1.48. The molecule has 1 aliphatic heterocycles. The van der Waals surface area contributed by atoms with Crippen molar-refractivity contribution in [2.45, 2.75) is 32.6 Å². The van der Waals surface area contributed by atoms with Gasteiger partial charge in [0.15, 0.2) is 11.5 Å². The molecular weight excluding hydrogens is 252 g/mol. The van der Waals surface area contributed by atoms with Gasteiger partial charge in [-0.15, -0.1) is 0 Å². The van der Waals surface area contributed by atoms with Gasteiger partial charge in [-0.3, -0.25) is 0 Å². The minimum Gasteiger partial charge on any atom is -0.493 e. The maximum atomic E-state index is 5.85. The van der Waals surface area contributed by atoms with Gasteiger partial charge in [-0.1, -0.05) is 17.7 Å². The van der Waals surface area contributed by atoms with E-state index in [1.54, 1.807) is 7.11 Å². The lowest BCUT2D eigenvalue weighted by atomic mass is 10.1. The summed E-state index contributed by atoms with van der Waals surface area (Å²) in [5.74, 6) is 1.64. The summed E-state index contributed by atoms with van der Waals surface area (Å²) in [6.07, 6.45) is 6.55. The summed E-state index contributed by atoms with van der Waals surface area (Å²) < 4.78 is 16.6. The highest BCUT2D eigenvalue weighted by Gasteiger charge is 2.06. The highest BCUT2D eigenvalue weighted by Crippen LogP contribution is 2.28. The molecule has 1 aromatic carbocycles. The number of aryl methyl sites for hydroxylation is 1. The van der Waals surface area contributed by atoms with Crippen LogP contribution in [0.1, 0.15) is 31.2 Å². The topological polar surface area (TPSA) is 27.7 Å². The zero-order chi connectivity index (χ0) is 14.2. The number of rotatable bonds is 6. The minimum atomic E-state index is 0.720. The Morgan fingerprint density at radius 3 is 2.95 bits per heavy atom. The summed E-state index contributed by atoms with van der Waals surface area (Å²) in [6, 6.07) is 6.01. The first kappa shape index (κ1) is 14.9. The number of benzene rings is 1. The van der Waals surface area contributed by atoms with Crippen molar-refractivity contribution in [2.75, 3.05) is 26.9 Å². The lowest BCUT2D eigenvalue weighted by molar-refractivity contribution is 0.146. The van der Waals surface area contributed by atoms with Crippen LogP contribution in [0.15, 0.2) is 29.8 Å². The average Bonchev–Trinajstić information content (AvgIpc) is 2.72. The fourth-order valence-corrected chi connectivity index (χ4v) is 2.36. The normalized spacial score (nSPS) is 15.4. The van der Waals surface area contributed by atoms with Gasteiger partial charge in [0.25, 0.3) is 0 Å². The lowest BCUT2D eigenvalue weighted by Crippen LogP contribution is -2.01. The van der Waals surface area contributed by atoms with E-state index in [9.17, 15) is 0 Å². The second-order valence-electron chi connectivity index (χ2n) is 5.12. The van der Waals surface area contributed by atoms with E-state index in [4.69, 9.17) is 14.2 Å². The van der Waals surface area contributed by atoms with Crippen LogP contribution in [0.5, 0.6) is 11.5 Å². The average molecular weight is 276 g/mol. The third-order valence-electron chi connectivity index (χ3n) is 3.48. The van der Waals surface area contributed by atoms with Crippen molar-refractivity contribution in [2.24, 2.45) is 0 Å².